The van der Waals surface area contributed by atoms with Crippen LogP contribution in [0.3, 0.4) is 0 Å². The van der Waals surface area contributed by atoms with Gasteiger partial charge in [0.05, 0.1) is 6.10 Å². The number of hydrogen-bond donors (Lipinski definition) is 1. The molecule has 0 aliphatic rings. The number of aliphatic hydroxyl groups excluding tert-OH is 1. The third-order valence-electron chi connectivity index (χ3n) is 2.73. The third kappa shape index (κ3) is 4.82. The van der Waals surface area contributed by atoms with Crippen molar-refractivity contribution in [1.82, 2.24) is 0 Å². The molecule has 1 nitrogen and oxygen atoms in total. The van der Waals surface area contributed by atoms with E-state index in [1.807, 2.05) is 0 Å². The van der Waals surface area contributed by atoms with Crippen LogP contribution in [0.25, 0.3) is 0 Å². The average Bonchev–Trinajstić information content (AvgIpc) is 2.20. The predicted molar refractivity (Wildman–Crippen MR) is 64.8 cm³/mol. The Morgan fingerprint density at radius 3 is 2.18 bits per heavy atom. The van der Waals surface area contributed by atoms with Crippen molar-refractivity contribution in [2.24, 2.45) is 5.41 Å². The van der Waals surface area contributed by atoms with Crippen molar-refractivity contribution in [2.45, 2.75) is 46.1 Å². The summed E-state index contributed by atoms with van der Waals surface area (Å²) in [6, 6.07) is 3.76. The maximum Gasteiger partial charge on any atom is 0.129 e. The lowest BCUT2D eigenvalue weighted by atomic mass is 9.88. The Labute approximate surface area is 101 Å². The van der Waals surface area contributed by atoms with Crippen molar-refractivity contribution in [3.8, 4) is 0 Å². The molecule has 0 heterocycles. The molecular weight excluding hydrogens is 222 g/mol. The third-order valence-corrected chi connectivity index (χ3v) is 2.73. The van der Waals surface area contributed by atoms with E-state index in [2.05, 4.69) is 20.8 Å². The van der Waals surface area contributed by atoms with Crippen LogP contribution in [0.5, 0.6) is 0 Å². The minimum atomic E-state index is -0.694. The van der Waals surface area contributed by atoms with Crippen LogP contribution >= 0.6 is 0 Å². The van der Waals surface area contributed by atoms with Crippen molar-refractivity contribution in [3.05, 3.63) is 35.4 Å². The zero-order valence-electron chi connectivity index (χ0n) is 10.6. The second-order valence-electron chi connectivity index (χ2n) is 5.66. The van der Waals surface area contributed by atoms with Crippen LogP contribution in [0.1, 0.15) is 39.2 Å². The smallest absolute Gasteiger partial charge is 0.129 e. The highest BCUT2D eigenvalue weighted by molar-refractivity contribution is 5.20. The SMILES string of the molecule is CC(C)(C)CCC(O)Cc1c(F)cccc1F. The largest absolute Gasteiger partial charge is 0.393 e. The molecule has 0 aliphatic heterocycles. The fourth-order valence-electron chi connectivity index (χ4n) is 1.66. The molecule has 0 amide bonds. The fraction of sp³-hybridized carbons (Fsp3) is 0.571. The minimum Gasteiger partial charge on any atom is -0.393 e. The molecule has 0 radical (unpaired) electrons. The Balaban J connectivity index is 2.59. The van der Waals surface area contributed by atoms with Crippen LogP contribution in [0.15, 0.2) is 18.2 Å². The molecule has 0 saturated heterocycles. The maximum atomic E-state index is 13.3. The summed E-state index contributed by atoms with van der Waals surface area (Å²) in [5, 5.41) is 9.78. The van der Waals surface area contributed by atoms with Gasteiger partial charge in [0, 0.05) is 12.0 Å². The summed E-state index contributed by atoms with van der Waals surface area (Å²) in [7, 11) is 0. The van der Waals surface area contributed by atoms with E-state index in [0.717, 1.165) is 6.42 Å². The molecule has 3 heteroatoms. The molecule has 1 unspecified atom stereocenters. The summed E-state index contributed by atoms with van der Waals surface area (Å²) in [5.41, 5.74) is 0.100. The highest BCUT2D eigenvalue weighted by atomic mass is 19.1. The molecule has 1 rings (SSSR count). The van der Waals surface area contributed by atoms with Gasteiger partial charge in [0.15, 0.2) is 0 Å². The molecule has 0 aliphatic carbocycles. The lowest BCUT2D eigenvalue weighted by Gasteiger charge is -2.20. The van der Waals surface area contributed by atoms with Crippen molar-refractivity contribution in [1.29, 1.82) is 0 Å². The van der Waals surface area contributed by atoms with Gasteiger partial charge in [0.1, 0.15) is 11.6 Å². The van der Waals surface area contributed by atoms with Crippen molar-refractivity contribution in [2.75, 3.05) is 0 Å². The van der Waals surface area contributed by atoms with Crippen LogP contribution in [-0.4, -0.2) is 11.2 Å². The standard InChI is InChI=1S/C14H20F2O/c1-14(2,3)8-7-10(17)9-11-12(15)5-4-6-13(11)16/h4-6,10,17H,7-9H2,1-3H3. The number of benzene rings is 1. The van der Waals surface area contributed by atoms with Gasteiger partial charge < -0.3 is 5.11 Å². The van der Waals surface area contributed by atoms with Gasteiger partial charge >= 0.3 is 0 Å². The van der Waals surface area contributed by atoms with Gasteiger partial charge in [-0.1, -0.05) is 26.8 Å². The molecular formula is C14H20F2O. The van der Waals surface area contributed by atoms with Crippen LogP contribution in [0.4, 0.5) is 8.78 Å². The number of aliphatic hydroxyl groups is 1. The first kappa shape index (κ1) is 14.1. The molecule has 17 heavy (non-hydrogen) atoms. The lowest BCUT2D eigenvalue weighted by Crippen LogP contribution is -2.16. The van der Waals surface area contributed by atoms with Crippen molar-refractivity contribution in [3.63, 3.8) is 0 Å². The summed E-state index contributed by atoms with van der Waals surface area (Å²) >= 11 is 0. The molecule has 0 spiro atoms. The van der Waals surface area contributed by atoms with Crippen LogP contribution in [0, 0.1) is 17.0 Å². The molecule has 1 N–H and O–H groups in total. The molecule has 0 fully saturated rings. The van der Waals surface area contributed by atoms with Gasteiger partial charge in [-0.3, -0.25) is 0 Å². The molecule has 0 saturated carbocycles. The van der Waals surface area contributed by atoms with Gasteiger partial charge in [0.25, 0.3) is 0 Å². The van der Waals surface area contributed by atoms with E-state index in [1.54, 1.807) is 0 Å². The number of halogens is 2. The summed E-state index contributed by atoms with van der Waals surface area (Å²) in [4.78, 5) is 0. The average molecular weight is 242 g/mol. The van der Waals surface area contributed by atoms with E-state index < -0.39 is 17.7 Å². The first-order chi connectivity index (χ1) is 7.79. The van der Waals surface area contributed by atoms with Gasteiger partial charge in [-0.15, -0.1) is 0 Å². The van der Waals surface area contributed by atoms with Crippen LogP contribution in [0.2, 0.25) is 0 Å². The monoisotopic (exact) mass is 242 g/mol. The van der Waals surface area contributed by atoms with Crippen molar-refractivity contribution >= 4 is 0 Å². The minimum absolute atomic E-state index is 0.0195. The Bertz CT molecular complexity index is 349. The second kappa shape index (κ2) is 5.58. The molecule has 1 aromatic rings. The van der Waals surface area contributed by atoms with E-state index in [0.29, 0.717) is 6.42 Å². The normalized spacial score (nSPS) is 13.8. The Morgan fingerprint density at radius 1 is 1.18 bits per heavy atom. The van der Waals surface area contributed by atoms with Crippen LogP contribution in [-0.2, 0) is 6.42 Å². The van der Waals surface area contributed by atoms with E-state index in [1.165, 1.54) is 18.2 Å². The molecule has 1 aromatic carbocycles. The molecule has 0 aromatic heterocycles. The molecule has 96 valence electrons. The van der Waals surface area contributed by atoms with Gasteiger partial charge in [0.2, 0.25) is 0 Å². The van der Waals surface area contributed by atoms with Crippen LogP contribution < -0.4 is 0 Å². The second-order valence-corrected chi connectivity index (χ2v) is 5.66. The highest BCUT2D eigenvalue weighted by Crippen LogP contribution is 2.23. The van der Waals surface area contributed by atoms with E-state index >= 15 is 0 Å². The zero-order chi connectivity index (χ0) is 13.1. The topological polar surface area (TPSA) is 20.2 Å². The molecule has 1 atom stereocenters. The molecule has 0 bridgehead atoms. The first-order valence-corrected chi connectivity index (χ1v) is 5.90. The van der Waals surface area contributed by atoms with E-state index in [4.69, 9.17) is 0 Å². The summed E-state index contributed by atoms with van der Waals surface area (Å²) in [6.07, 6.45) is 0.719. The van der Waals surface area contributed by atoms with E-state index in [9.17, 15) is 13.9 Å². The summed E-state index contributed by atoms with van der Waals surface area (Å²) < 4.78 is 26.7. The van der Waals surface area contributed by atoms with Gasteiger partial charge in [-0.05, 0) is 30.4 Å². The Kier molecular flexibility index (Phi) is 4.63. The Hall–Kier alpha value is -0.960. The zero-order valence-corrected chi connectivity index (χ0v) is 10.6. The summed E-state index contributed by atoms with van der Waals surface area (Å²) in [5.74, 6) is -1.17. The first-order valence-electron chi connectivity index (χ1n) is 5.90. The highest BCUT2D eigenvalue weighted by Gasteiger charge is 2.17. The summed E-state index contributed by atoms with van der Waals surface area (Å²) in [6.45, 7) is 6.22. The van der Waals surface area contributed by atoms with Gasteiger partial charge in [-0.25, -0.2) is 8.78 Å². The lowest BCUT2D eigenvalue weighted by molar-refractivity contribution is 0.143. The fourth-order valence-corrected chi connectivity index (χ4v) is 1.66. The number of hydrogen-bond acceptors (Lipinski definition) is 1. The maximum absolute atomic E-state index is 13.3. The van der Waals surface area contributed by atoms with E-state index in [-0.39, 0.29) is 17.4 Å². The Morgan fingerprint density at radius 2 is 1.71 bits per heavy atom. The predicted octanol–water partition coefficient (Wildman–Crippen LogP) is 3.69. The number of rotatable bonds is 4. The van der Waals surface area contributed by atoms with Crippen molar-refractivity contribution < 1.29 is 13.9 Å². The quantitative estimate of drug-likeness (QED) is 0.853. The van der Waals surface area contributed by atoms with Gasteiger partial charge in [-0.2, -0.15) is 0 Å².